The molecule has 2 unspecified atom stereocenters. The van der Waals surface area contributed by atoms with Crippen LogP contribution in [0.15, 0.2) is 0 Å². The van der Waals surface area contributed by atoms with Gasteiger partial charge in [0.2, 0.25) is 0 Å². The Bertz CT molecular complexity index is 146. The van der Waals surface area contributed by atoms with Crippen LogP contribution in [0.3, 0.4) is 0 Å². The molecule has 2 N–H and O–H groups in total. The maximum absolute atomic E-state index is 9.44. The molecule has 0 saturated carbocycles. The molecule has 1 aliphatic rings. The van der Waals surface area contributed by atoms with Crippen molar-refractivity contribution in [3.8, 4) is 0 Å². The summed E-state index contributed by atoms with van der Waals surface area (Å²) in [4.78, 5) is 4.55. The van der Waals surface area contributed by atoms with E-state index >= 15 is 0 Å². The van der Waals surface area contributed by atoms with E-state index in [9.17, 15) is 5.11 Å². The van der Waals surface area contributed by atoms with Gasteiger partial charge >= 0.3 is 0 Å². The highest BCUT2D eigenvalue weighted by Gasteiger charge is 2.24. The van der Waals surface area contributed by atoms with Crippen molar-refractivity contribution in [1.29, 1.82) is 0 Å². The van der Waals surface area contributed by atoms with Gasteiger partial charge in [-0.1, -0.05) is 0 Å². The molecular formula is C8H17NO2S. The zero-order valence-electron chi connectivity index (χ0n) is 7.83. The Morgan fingerprint density at radius 3 is 2.75 bits per heavy atom. The molecule has 1 fully saturated rings. The molecule has 2 atom stereocenters. The maximum Gasteiger partial charge on any atom is 0.104 e. The molecular weight excluding hydrogens is 174 g/mol. The summed E-state index contributed by atoms with van der Waals surface area (Å²) in [7, 11) is 0. The summed E-state index contributed by atoms with van der Waals surface area (Å²) in [6, 6.07) is 0.386. The first-order chi connectivity index (χ1) is 5.47. The lowest BCUT2D eigenvalue weighted by atomic mass is 10.2. The van der Waals surface area contributed by atoms with Crippen molar-refractivity contribution in [2.45, 2.75) is 44.3 Å². The number of aliphatic hydroxyl groups is 1. The molecule has 0 aromatic carbocycles. The van der Waals surface area contributed by atoms with E-state index < -0.39 is 4.93 Å². The standard InChI is InChI=1S/C8H17NO2S/c1-6-4-7(9-11-6)5-12-8(2,3)10/h6-7,9-10H,4-5H2,1-3H3. The molecule has 12 heavy (non-hydrogen) atoms. The summed E-state index contributed by atoms with van der Waals surface area (Å²) in [5, 5.41) is 9.44. The van der Waals surface area contributed by atoms with Crippen LogP contribution >= 0.6 is 11.8 Å². The van der Waals surface area contributed by atoms with Crippen molar-refractivity contribution in [2.24, 2.45) is 0 Å². The first-order valence-corrected chi connectivity index (χ1v) is 5.23. The summed E-state index contributed by atoms with van der Waals surface area (Å²) in [5.41, 5.74) is 2.95. The van der Waals surface area contributed by atoms with Crippen LogP contribution in [0, 0.1) is 0 Å². The van der Waals surface area contributed by atoms with Gasteiger partial charge in [0.05, 0.1) is 6.10 Å². The Morgan fingerprint density at radius 2 is 2.33 bits per heavy atom. The SMILES string of the molecule is CC1CC(CSC(C)(C)O)NO1. The normalized spacial score (nSPS) is 31.0. The molecule has 72 valence electrons. The molecule has 0 aromatic heterocycles. The first-order valence-electron chi connectivity index (χ1n) is 4.25. The summed E-state index contributed by atoms with van der Waals surface area (Å²) in [6.07, 6.45) is 1.33. The molecule has 0 spiro atoms. The van der Waals surface area contributed by atoms with Gasteiger partial charge in [0, 0.05) is 11.8 Å². The fourth-order valence-corrected chi connectivity index (χ4v) is 1.93. The second-order valence-electron chi connectivity index (χ2n) is 3.74. The Morgan fingerprint density at radius 1 is 1.67 bits per heavy atom. The minimum absolute atomic E-state index is 0.303. The summed E-state index contributed by atoms with van der Waals surface area (Å²) in [6.45, 7) is 5.65. The van der Waals surface area contributed by atoms with E-state index in [1.807, 2.05) is 6.92 Å². The van der Waals surface area contributed by atoms with E-state index in [4.69, 9.17) is 4.84 Å². The summed E-state index contributed by atoms with van der Waals surface area (Å²) < 4.78 is 0. The van der Waals surface area contributed by atoms with Gasteiger partial charge in [0.15, 0.2) is 0 Å². The van der Waals surface area contributed by atoms with E-state index in [0.717, 1.165) is 12.2 Å². The topological polar surface area (TPSA) is 41.5 Å². The first kappa shape index (κ1) is 10.3. The summed E-state index contributed by atoms with van der Waals surface area (Å²) >= 11 is 1.55. The highest BCUT2D eigenvalue weighted by atomic mass is 32.2. The van der Waals surface area contributed by atoms with Crippen LogP contribution in [-0.2, 0) is 4.84 Å². The number of hydroxylamine groups is 1. The van der Waals surface area contributed by atoms with Crippen LogP contribution in [0.25, 0.3) is 0 Å². The number of nitrogens with one attached hydrogen (secondary N) is 1. The van der Waals surface area contributed by atoms with E-state index in [1.165, 1.54) is 0 Å². The van der Waals surface area contributed by atoms with Crippen molar-refractivity contribution >= 4 is 11.8 Å². The van der Waals surface area contributed by atoms with Gasteiger partial charge in [-0.25, -0.2) is 0 Å². The van der Waals surface area contributed by atoms with Gasteiger partial charge in [-0.2, -0.15) is 5.48 Å². The van der Waals surface area contributed by atoms with Crippen molar-refractivity contribution < 1.29 is 9.94 Å². The summed E-state index contributed by atoms with van der Waals surface area (Å²) in [5.74, 6) is 0.897. The van der Waals surface area contributed by atoms with E-state index in [0.29, 0.717) is 12.1 Å². The van der Waals surface area contributed by atoms with Gasteiger partial charge < -0.3 is 5.11 Å². The molecule has 1 saturated heterocycles. The lowest BCUT2D eigenvalue weighted by Gasteiger charge is -2.18. The predicted molar refractivity (Wildman–Crippen MR) is 50.8 cm³/mol. The molecule has 1 heterocycles. The van der Waals surface area contributed by atoms with Crippen molar-refractivity contribution in [1.82, 2.24) is 5.48 Å². The number of hydrogen-bond acceptors (Lipinski definition) is 4. The second-order valence-corrected chi connectivity index (χ2v) is 5.36. The van der Waals surface area contributed by atoms with Gasteiger partial charge in [0.25, 0.3) is 0 Å². The van der Waals surface area contributed by atoms with Crippen LogP contribution in [0.1, 0.15) is 27.2 Å². The second kappa shape index (κ2) is 3.96. The third kappa shape index (κ3) is 3.76. The molecule has 0 aromatic rings. The average molecular weight is 191 g/mol. The van der Waals surface area contributed by atoms with Gasteiger partial charge in [-0.3, -0.25) is 4.84 Å². The lowest BCUT2D eigenvalue weighted by Crippen LogP contribution is -2.26. The fraction of sp³-hybridized carbons (Fsp3) is 1.00. The predicted octanol–water partition coefficient (Wildman–Crippen LogP) is 1.13. The molecule has 1 rings (SSSR count). The Hall–Kier alpha value is 0.230. The molecule has 3 nitrogen and oxygen atoms in total. The Balaban J connectivity index is 2.16. The van der Waals surface area contributed by atoms with Crippen LogP contribution in [-0.4, -0.2) is 27.9 Å². The zero-order valence-corrected chi connectivity index (χ0v) is 8.65. The maximum atomic E-state index is 9.44. The fourth-order valence-electron chi connectivity index (χ4n) is 1.12. The smallest absolute Gasteiger partial charge is 0.104 e. The number of rotatable bonds is 3. The lowest BCUT2D eigenvalue weighted by molar-refractivity contribution is 0.0383. The Kier molecular flexibility index (Phi) is 3.40. The van der Waals surface area contributed by atoms with E-state index in [-0.39, 0.29) is 0 Å². The minimum Gasteiger partial charge on any atom is -0.380 e. The third-order valence-corrected chi connectivity index (χ3v) is 2.97. The molecule has 4 heteroatoms. The van der Waals surface area contributed by atoms with Crippen molar-refractivity contribution in [3.63, 3.8) is 0 Å². The number of hydrogen-bond donors (Lipinski definition) is 2. The average Bonchev–Trinajstić information content (AvgIpc) is 2.30. The van der Waals surface area contributed by atoms with Gasteiger partial charge in [-0.15, -0.1) is 11.8 Å². The Labute approximate surface area is 77.8 Å². The molecule has 0 aliphatic carbocycles. The zero-order chi connectivity index (χ0) is 9.19. The van der Waals surface area contributed by atoms with Crippen molar-refractivity contribution in [3.05, 3.63) is 0 Å². The van der Waals surface area contributed by atoms with Crippen LogP contribution < -0.4 is 5.48 Å². The molecule has 0 amide bonds. The highest BCUT2D eigenvalue weighted by molar-refractivity contribution is 8.00. The highest BCUT2D eigenvalue weighted by Crippen LogP contribution is 2.24. The van der Waals surface area contributed by atoms with E-state index in [2.05, 4.69) is 5.48 Å². The quantitative estimate of drug-likeness (QED) is 0.656. The van der Waals surface area contributed by atoms with Gasteiger partial charge in [0.1, 0.15) is 4.93 Å². The monoisotopic (exact) mass is 191 g/mol. The minimum atomic E-state index is -0.631. The van der Waals surface area contributed by atoms with Crippen LogP contribution in [0.5, 0.6) is 0 Å². The van der Waals surface area contributed by atoms with E-state index in [1.54, 1.807) is 25.6 Å². The molecule has 1 aliphatic heterocycles. The van der Waals surface area contributed by atoms with Crippen molar-refractivity contribution in [2.75, 3.05) is 5.75 Å². The number of thioether (sulfide) groups is 1. The largest absolute Gasteiger partial charge is 0.380 e. The van der Waals surface area contributed by atoms with Gasteiger partial charge in [-0.05, 0) is 27.2 Å². The van der Waals surface area contributed by atoms with Crippen LogP contribution in [0.2, 0.25) is 0 Å². The molecule has 0 bridgehead atoms. The third-order valence-electron chi connectivity index (χ3n) is 1.69. The van der Waals surface area contributed by atoms with Crippen LogP contribution in [0.4, 0.5) is 0 Å². The molecule has 0 radical (unpaired) electrons.